The van der Waals surface area contributed by atoms with E-state index in [-0.39, 0.29) is 116 Å². The lowest BCUT2D eigenvalue weighted by atomic mass is 10.1. The van der Waals surface area contributed by atoms with Gasteiger partial charge in [0.25, 0.3) is 11.4 Å². The minimum absolute atomic E-state index is 0. The highest BCUT2D eigenvalue weighted by Crippen LogP contribution is 2.46. The normalized spacial score (nSPS) is 19.4. The number of nitro benzene ring substituents is 2. The Hall–Kier alpha value is -10.8. The lowest BCUT2D eigenvalue weighted by Crippen LogP contribution is -2.57. The van der Waals surface area contributed by atoms with Gasteiger partial charge in [0.2, 0.25) is 43.7 Å². The number of sulfonamides is 2. The van der Waals surface area contributed by atoms with Crippen molar-refractivity contribution in [2.24, 2.45) is 5.92 Å². The SMILES string of the molecule is C=CC.C=CCCN(CC[C@H](NC(=O)OC(C)(C)C)C(=O)N1C[C@H](O)C[C@H]1C(=O)NC1(C(=O)OCC)CC1)S(=O)(=O)c1ccccc1[N+](=O)[O-].C=CCCN(CC[C@H](NC(=O)OC(C)(C)C)C(=O)N1C[C@H](OC(=O)N2Cc3cccc(F)c3C2)C[C@H]1C(=O)N[C@]1(C(=O)OCC)C[C@H]1C=C)S(=O)(=O)c1ccccc1[N+](=O)[O-].Cl.Fc1cccc2c1CNC2. The van der Waals surface area contributed by atoms with Crippen LogP contribution in [0.3, 0.4) is 0 Å². The van der Waals surface area contributed by atoms with E-state index in [4.69, 9.17) is 23.7 Å². The van der Waals surface area contributed by atoms with E-state index in [1.165, 1.54) is 65.6 Å². The minimum atomic E-state index is -4.58. The zero-order valence-corrected chi connectivity index (χ0v) is 72.1. The van der Waals surface area contributed by atoms with Crippen LogP contribution in [0, 0.1) is 37.8 Å². The molecule has 2 saturated carbocycles. The Balaban J connectivity index is 0.000000333. The lowest BCUT2D eigenvalue weighted by Gasteiger charge is -2.31. The highest BCUT2D eigenvalue weighted by Gasteiger charge is 2.62. The first-order valence-corrected chi connectivity index (χ1v) is 42.2. The summed E-state index contributed by atoms with van der Waals surface area (Å²) in [6.07, 6.45) is 1.03. The van der Waals surface area contributed by atoms with Crippen molar-refractivity contribution in [3.8, 4) is 0 Å². The van der Waals surface area contributed by atoms with Gasteiger partial charge in [0.15, 0.2) is 9.79 Å². The summed E-state index contributed by atoms with van der Waals surface area (Å²) in [5, 5.41) is 47.4. The molecule has 10 rings (SSSR count). The van der Waals surface area contributed by atoms with Crippen LogP contribution in [0.25, 0.3) is 0 Å². The van der Waals surface area contributed by atoms with E-state index in [1.54, 1.807) is 73.6 Å². The van der Waals surface area contributed by atoms with Gasteiger partial charge in [0, 0.05) is 94.4 Å². The smallest absolute Gasteiger partial charge is 0.410 e. The van der Waals surface area contributed by atoms with Crippen LogP contribution in [-0.4, -0.2) is 220 Å². The van der Waals surface area contributed by atoms with Gasteiger partial charge in [0.05, 0.1) is 42.3 Å². The molecule has 2 saturated heterocycles. The number of β-amino-alcohol motifs (C(OH)–C–C–N with tert-alkyl or cyclic N) is 1. The summed E-state index contributed by atoms with van der Waals surface area (Å²) in [5.41, 5.74) is -3.14. The predicted molar refractivity (Wildman–Crippen MR) is 444 cm³/mol. The number of amides is 7. The summed E-state index contributed by atoms with van der Waals surface area (Å²) in [6, 6.07) is 13.7. The topological polar surface area (TPSA) is 451 Å². The Bertz CT molecular complexity index is 4760. The van der Waals surface area contributed by atoms with Crippen molar-refractivity contribution in [1.82, 2.24) is 49.9 Å². The molecule has 8 atom stereocenters. The molecule has 4 aliphatic heterocycles. The van der Waals surface area contributed by atoms with Crippen LogP contribution in [0.2, 0.25) is 0 Å². The molecule has 6 aliphatic rings. The average Bonchev–Trinajstić information content (AvgIpc) is 1.57. The second-order valence-electron chi connectivity index (χ2n) is 31.2. The summed E-state index contributed by atoms with van der Waals surface area (Å²) in [5.74, 6) is -5.57. The van der Waals surface area contributed by atoms with Crippen LogP contribution in [0.15, 0.2) is 145 Å². The predicted octanol–water partition coefficient (Wildman–Crippen LogP) is 8.99. The molecule has 0 spiro atoms. The number of para-hydroxylation sites is 2. The van der Waals surface area contributed by atoms with Crippen molar-refractivity contribution < 1.29 is 107 Å². The zero-order chi connectivity index (χ0) is 89.7. The molecule has 4 aromatic carbocycles. The van der Waals surface area contributed by atoms with Gasteiger partial charge in [-0.3, -0.25) is 44.3 Å². The number of nitro groups is 2. The number of esters is 2. The maximum atomic E-state index is 14.8. The lowest BCUT2D eigenvalue weighted by molar-refractivity contribution is -0.388. The molecule has 40 heteroatoms. The summed E-state index contributed by atoms with van der Waals surface area (Å²) < 4.78 is 112. The fraction of sp³-hybridized carbons (Fsp3) is 0.500. The van der Waals surface area contributed by atoms with Crippen LogP contribution in [0.5, 0.6) is 0 Å². The van der Waals surface area contributed by atoms with E-state index < -0.39 is 188 Å². The number of benzene rings is 4. The molecule has 4 aromatic rings. The number of ether oxygens (including phenoxy) is 5. The molecular weight excluding hydrogens is 1660 g/mol. The molecule has 35 nitrogen and oxygen atoms in total. The highest BCUT2D eigenvalue weighted by atomic mass is 35.5. The minimum Gasteiger partial charge on any atom is -0.464 e. The van der Waals surface area contributed by atoms with E-state index in [1.807, 2.05) is 13.0 Å². The van der Waals surface area contributed by atoms with Crippen molar-refractivity contribution in [2.75, 3.05) is 52.5 Å². The van der Waals surface area contributed by atoms with Gasteiger partial charge in [-0.05, 0) is 143 Å². The van der Waals surface area contributed by atoms with Crippen molar-refractivity contribution in [1.29, 1.82) is 0 Å². The second kappa shape index (κ2) is 43.8. The molecule has 2 aliphatic carbocycles. The number of hydrogen-bond donors (Lipinski definition) is 6. The average molecular weight is 1770 g/mol. The number of hydrogen-bond acceptors (Lipinski definition) is 24. The fourth-order valence-electron chi connectivity index (χ4n) is 13.8. The first-order chi connectivity index (χ1) is 57.0. The molecule has 0 radical (unpaired) electrons. The number of nitrogens with one attached hydrogen (secondary N) is 5. The van der Waals surface area contributed by atoms with E-state index in [0.717, 1.165) is 60.3 Å². The van der Waals surface area contributed by atoms with Crippen LogP contribution in [-0.2, 0) is 98.7 Å². The van der Waals surface area contributed by atoms with Gasteiger partial charge in [-0.25, -0.2) is 49.6 Å². The van der Waals surface area contributed by atoms with Gasteiger partial charge >= 0.3 is 30.2 Å². The molecule has 6 N–H and O–H groups in total. The molecule has 668 valence electrons. The van der Waals surface area contributed by atoms with Crippen LogP contribution in [0.1, 0.15) is 142 Å². The van der Waals surface area contributed by atoms with Crippen molar-refractivity contribution in [2.45, 2.75) is 215 Å². The van der Waals surface area contributed by atoms with Crippen LogP contribution in [0.4, 0.5) is 34.5 Å². The summed E-state index contributed by atoms with van der Waals surface area (Å²) >= 11 is 0. The highest BCUT2D eigenvalue weighted by molar-refractivity contribution is 7.89. The van der Waals surface area contributed by atoms with E-state index >= 15 is 0 Å². The number of aliphatic hydroxyl groups is 1. The summed E-state index contributed by atoms with van der Waals surface area (Å²) in [4.78, 5) is 146. The van der Waals surface area contributed by atoms with E-state index in [9.17, 15) is 94.1 Å². The quantitative estimate of drug-likeness (QED) is 0.00872. The molecule has 4 fully saturated rings. The standard InChI is InChI=1S/C41H51FN6O12S.C30H43N5O11S.C8H8FN.C3H6.ClH/c1-7-10-19-46(61(56,57)34-17-12-11-16-32(34)48(54)55)20-18-31(43-38(52)60-40(4,5)6)36(50)47-24-28(59-39(53)45-23-26-14-13-15-30(42)29(26)25-45)21-33(47)35(49)44-41(22-27(41)8-2)37(51)58-9-3;1-6-8-16-33(47(43,44)24-12-10-9-11-22(24)35(41)42)17-13-21(31-28(40)46-29(3,4)5)26(38)34-19-20(36)18-23(34)25(37)32-30(14-15-30)27(39)45-7-2;9-8-3-1-2-6-4-10-5-7(6)8;1-3-2;/h7-8,11-17,27-28,31,33H,1-2,9-10,18-25H2,3-6H3,(H,43,52)(H,44,49);6,9-12,20-21,23,36H,1,7-8,13-19H2,2-5H3,(H,31,40)(H,32,37);1-3,10H,4-5H2;3H,1H2,2H3;1H/t27-,28-,31+,33+,41-;20-,21+,23+;;;/m11.../s1. The molecule has 0 bridgehead atoms. The Morgan fingerprint density at radius 1 is 0.639 bits per heavy atom. The number of allylic oxidation sites excluding steroid dienone is 1. The number of carbonyl (C=O) groups is 9. The number of rotatable bonds is 32. The number of halogens is 3. The monoisotopic (exact) mass is 1770 g/mol. The number of alkyl carbamates (subject to hydrolysis) is 2. The summed E-state index contributed by atoms with van der Waals surface area (Å²) in [6.45, 7) is 28.8. The van der Waals surface area contributed by atoms with Crippen molar-refractivity contribution in [3.05, 3.63) is 190 Å². The van der Waals surface area contributed by atoms with Crippen LogP contribution < -0.4 is 26.6 Å². The maximum absolute atomic E-state index is 14.8. The molecule has 7 amide bonds. The molecule has 4 heterocycles. The Morgan fingerprint density at radius 2 is 1.10 bits per heavy atom. The van der Waals surface area contributed by atoms with Gasteiger partial charge in [0.1, 0.15) is 64.2 Å². The van der Waals surface area contributed by atoms with E-state index in [2.05, 4.69) is 52.9 Å². The van der Waals surface area contributed by atoms with E-state index in [0.29, 0.717) is 30.5 Å². The third kappa shape index (κ3) is 26.1. The molecule has 0 unspecified atom stereocenters. The Labute approximate surface area is 714 Å². The third-order valence-electron chi connectivity index (χ3n) is 19.9. The maximum Gasteiger partial charge on any atom is 0.410 e. The van der Waals surface area contributed by atoms with Gasteiger partial charge in [-0.1, -0.05) is 72.8 Å². The molecular formula is C82H109ClF2N12O23S2. The number of aliphatic hydroxyl groups excluding tert-OH is 1. The molecule has 0 aromatic heterocycles. The third-order valence-corrected chi connectivity index (χ3v) is 23.8. The first kappa shape index (κ1) is 100.0. The Morgan fingerprint density at radius 3 is 1.54 bits per heavy atom. The molecule has 122 heavy (non-hydrogen) atoms. The number of likely N-dealkylation sites (tertiary alicyclic amines) is 2. The van der Waals surface area contributed by atoms with Gasteiger partial charge in [-0.15, -0.1) is 38.7 Å². The Kier molecular flexibility index (Phi) is 35.9. The van der Waals surface area contributed by atoms with Gasteiger partial charge < -0.3 is 65.2 Å². The first-order valence-electron chi connectivity index (χ1n) is 39.3. The van der Waals surface area contributed by atoms with Crippen molar-refractivity contribution in [3.63, 3.8) is 0 Å². The largest absolute Gasteiger partial charge is 0.464 e. The van der Waals surface area contributed by atoms with Gasteiger partial charge in [-0.2, -0.15) is 8.61 Å². The number of fused-ring (bicyclic) bond motifs is 2. The number of carbonyl (C=O) groups excluding carboxylic acids is 9. The van der Waals surface area contributed by atoms with Crippen LogP contribution >= 0.6 is 12.4 Å². The number of nitrogens with zero attached hydrogens (tertiary/aromatic N) is 7. The second-order valence-corrected chi connectivity index (χ2v) is 35.0. The summed E-state index contributed by atoms with van der Waals surface area (Å²) in [7, 11) is -9.06. The zero-order valence-electron chi connectivity index (χ0n) is 69.7. The van der Waals surface area contributed by atoms with Crippen molar-refractivity contribution >= 4 is 97.7 Å². The fourth-order valence-corrected chi connectivity index (χ4v) is 17.1.